The van der Waals surface area contributed by atoms with Gasteiger partial charge >= 0.3 is 0 Å². The summed E-state index contributed by atoms with van der Waals surface area (Å²) in [6.45, 7) is 4.80. The van der Waals surface area contributed by atoms with Crippen LogP contribution in [-0.4, -0.2) is 54.5 Å². The second-order valence-corrected chi connectivity index (χ2v) is 4.84. The molecule has 0 amide bonds. The van der Waals surface area contributed by atoms with Crippen LogP contribution in [0, 0.1) is 5.92 Å². The fraction of sp³-hybridized carbons (Fsp3) is 1.00. The summed E-state index contributed by atoms with van der Waals surface area (Å²) in [6.07, 6.45) is 2.73. The predicted molar refractivity (Wildman–Crippen MR) is 58.6 cm³/mol. The smallest absolute Gasteiger partial charge is 0.0674 e. The van der Waals surface area contributed by atoms with Crippen LogP contribution in [-0.2, 0) is 4.74 Å². The molecule has 4 heteroatoms. The van der Waals surface area contributed by atoms with Gasteiger partial charge < -0.3 is 15.6 Å². The highest BCUT2D eigenvalue weighted by molar-refractivity contribution is 4.94. The van der Waals surface area contributed by atoms with Gasteiger partial charge in [0.1, 0.15) is 0 Å². The van der Waals surface area contributed by atoms with Crippen molar-refractivity contribution >= 4 is 0 Å². The van der Waals surface area contributed by atoms with E-state index in [2.05, 4.69) is 11.8 Å². The molecule has 2 rings (SSSR count). The third-order valence-corrected chi connectivity index (χ3v) is 3.54. The Balaban J connectivity index is 1.91. The number of hydrogen-bond acceptors (Lipinski definition) is 4. The summed E-state index contributed by atoms with van der Waals surface area (Å²) in [6, 6.07) is 0.268. The molecule has 1 heterocycles. The lowest BCUT2D eigenvalue weighted by molar-refractivity contribution is -0.0477. The normalized spacial score (nSPS) is 32.6. The Bertz CT molecular complexity index is 209. The summed E-state index contributed by atoms with van der Waals surface area (Å²) in [7, 11) is 0. The zero-order chi connectivity index (χ0) is 10.8. The van der Waals surface area contributed by atoms with Crippen LogP contribution in [0.2, 0.25) is 0 Å². The van der Waals surface area contributed by atoms with Gasteiger partial charge in [0.15, 0.2) is 0 Å². The predicted octanol–water partition coefficient (Wildman–Crippen LogP) is -0.195. The minimum atomic E-state index is 0.129. The Morgan fingerprint density at radius 3 is 2.80 bits per heavy atom. The van der Waals surface area contributed by atoms with Gasteiger partial charge in [-0.3, -0.25) is 4.90 Å². The third-order valence-electron chi connectivity index (χ3n) is 3.54. The highest BCUT2D eigenvalue weighted by Crippen LogP contribution is 2.34. The maximum absolute atomic E-state index is 9.45. The first kappa shape index (κ1) is 11.3. The van der Waals surface area contributed by atoms with E-state index in [4.69, 9.17) is 10.5 Å². The van der Waals surface area contributed by atoms with Crippen molar-refractivity contribution in [1.82, 2.24) is 4.90 Å². The lowest BCUT2D eigenvalue weighted by atomic mass is 10.0. The number of aliphatic hydroxyl groups is 1. The van der Waals surface area contributed by atoms with E-state index in [1.165, 1.54) is 12.8 Å². The zero-order valence-corrected chi connectivity index (χ0v) is 9.43. The largest absolute Gasteiger partial charge is 0.395 e. The maximum atomic E-state index is 9.45. The van der Waals surface area contributed by atoms with Gasteiger partial charge in [-0.1, -0.05) is 0 Å². The molecule has 3 N–H and O–H groups in total. The van der Waals surface area contributed by atoms with Crippen molar-refractivity contribution in [3.63, 3.8) is 0 Å². The molecule has 2 fully saturated rings. The Hall–Kier alpha value is -0.160. The molecule has 1 aliphatic carbocycles. The summed E-state index contributed by atoms with van der Waals surface area (Å²) >= 11 is 0. The van der Waals surface area contributed by atoms with E-state index < -0.39 is 0 Å². The third kappa shape index (κ3) is 2.69. The second kappa shape index (κ2) is 4.78. The Morgan fingerprint density at radius 1 is 1.53 bits per heavy atom. The molecule has 4 nitrogen and oxygen atoms in total. The molecule has 88 valence electrons. The van der Waals surface area contributed by atoms with Crippen molar-refractivity contribution in [2.24, 2.45) is 11.7 Å². The van der Waals surface area contributed by atoms with Crippen molar-refractivity contribution in [2.45, 2.75) is 38.0 Å². The molecule has 15 heavy (non-hydrogen) atoms. The van der Waals surface area contributed by atoms with Crippen molar-refractivity contribution in [1.29, 1.82) is 0 Å². The molecule has 3 unspecified atom stereocenters. The molecule has 0 aromatic rings. The van der Waals surface area contributed by atoms with Crippen molar-refractivity contribution < 1.29 is 9.84 Å². The summed E-state index contributed by atoms with van der Waals surface area (Å²) < 4.78 is 5.49. The van der Waals surface area contributed by atoms with Crippen LogP contribution in [0.5, 0.6) is 0 Å². The highest BCUT2D eigenvalue weighted by atomic mass is 16.5. The van der Waals surface area contributed by atoms with Crippen molar-refractivity contribution in [3.8, 4) is 0 Å². The van der Waals surface area contributed by atoms with E-state index in [9.17, 15) is 5.11 Å². The second-order valence-electron chi connectivity index (χ2n) is 4.84. The SMILES string of the molecule is CC1CN(C(CO)C(N)C2CC2)CCO1. The summed E-state index contributed by atoms with van der Waals surface area (Å²) in [5, 5.41) is 9.45. The van der Waals surface area contributed by atoms with Gasteiger partial charge in [0.25, 0.3) is 0 Å². The molecule has 3 atom stereocenters. The minimum absolute atomic E-state index is 0.129. The van der Waals surface area contributed by atoms with Crippen LogP contribution in [0.15, 0.2) is 0 Å². The van der Waals surface area contributed by atoms with E-state index in [0.29, 0.717) is 5.92 Å². The van der Waals surface area contributed by atoms with E-state index in [1.54, 1.807) is 0 Å². The standard InChI is InChI=1S/C11H22N2O2/c1-8-6-13(4-5-15-8)10(7-14)11(12)9-2-3-9/h8-11,14H,2-7,12H2,1H3. The van der Waals surface area contributed by atoms with E-state index in [1.807, 2.05) is 0 Å². The first-order valence-electron chi connectivity index (χ1n) is 5.94. The van der Waals surface area contributed by atoms with Crippen molar-refractivity contribution in [2.75, 3.05) is 26.3 Å². The fourth-order valence-corrected chi connectivity index (χ4v) is 2.42. The lowest BCUT2D eigenvalue weighted by Crippen LogP contribution is -2.56. The molecule has 0 aromatic carbocycles. The molecule has 2 aliphatic rings. The molecule has 1 aliphatic heterocycles. The van der Waals surface area contributed by atoms with Gasteiger partial charge in [-0.2, -0.15) is 0 Å². The van der Waals surface area contributed by atoms with Crippen LogP contribution in [0.25, 0.3) is 0 Å². The molecule has 0 radical (unpaired) electrons. The first-order valence-corrected chi connectivity index (χ1v) is 5.94. The Labute approximate surface area is 91.4 Å². The number of ether oxygens (including phenoxy) is 1. The molecule has 0 spiro atoms. The van der Waals surface area contributed by atoms with Crippen molar-refractivity contribution in [3.05, 3.63) is 0 Å². The Morgan fingerprint density at radius 2 is 2.27 bits per heavy atom. The van der Waals surface area contributed by atoms with Crippen LogP contribution in [0.3, 0.4) is 0 Å². The fourth-order valence-electron chi connectivity index (χ4n) is 2.42. The maximum Gasteiger partial charge on any atom is 0.0674 e. The summed E-state index contributed by atoms with van der Waals surface area (Å²) in [5.41, 5.74) is 6.17. The van der Waals surface area contributed by atoms with Gasteiger partial charge in [0.05, 0.1) is 19.3 Å². The zero-order valence-electron chi connectivity index (χ0n) is 9.43. The number of aliphatic hydroxyl groups excluding tert-OH is 1. The monoisotopic (exact) mass is 214 g/mol. The summed E-state index contributed by atoms with van der Waals surface area (Å²) in [4.78, 5) is 2.29. The minimum Gasteiger partial charge on any atom is -0.395 e. The van der Waals surface area contributed by atoms with Crippen LogP contribution in [0.4, 0.5) is 0 Å². The van der Waals surface area contributed by atoms with E-state index >= 15 is 0 Å². The number of hydrogen-bond donors (Lipinski definition) is 2. The number of rotatable bonds is 4. The average molecular weight is 214 g/mol. The van der Waals surface area contributed by atoms with Gasteiger partial charge in [0, 0.05) is 25.2 Å². The van der Waals surface area contributed by atoms with Crippen LogP contribution >= 0.6 is 0 Å². The first-order chi connectivity index (χ1) is 7.22. The molecular weight excluding hydrogens is 192 g/mol. The van der Waals surface area contributed by atoms with Gasteiger partial charge in [-0.15, -0.1) is 0 Å². The van der Waals surface area contributed by atoms with E-state index in [-0.39, 0.29) is 24.8 Å². The molecule has 0 aromatic heterocycles. The van der Waals surface area contributed by atoms with Crippen LogP contribution < -0.4 is 5.73 Å². The molecule has 1 saturated heterocycles. The molecule has 0 bridgehead atoms. The molecular formula is C11H22N2O2. The number of nitrogens with zero attached hydrogens (tertiary/aromatic N) is 1. The number of nitrogens with two attached hydrogens (primary N) is 1. The van der Waals surface area contributed by atoms with Gasteiger partial charge in [-0.05, 0) is 25.7 Å². The highest BCUT2D eigenvalue weighted by Gasteiger charge is 2.37. The van der Waals surface area contributed by atoms with Crippen LogP contribution in [0.1, 0.15) is 19.8 Å². The number of morpholine rings is 1. The quantitative estimate of drug-likeness (QED) is 0.681. The van der Waals surface area contributed by atoms with Gasteiger partial charge in [-0.25, -0.2) is 0 Å². The average Bonchev–Trinajstić information content (AvgIpc) is 3.02. The Kier molecular flexibility index (Phi) is 3.61. The topological polar surface area (TPSA) is 58.7 Å². The lowest BCUT2D eigenvalue weighted by Gasteiger charge is -2.39. The molecule has 1 saturated carbocycles. The summed E-state index contributed by atoms with van der Waals surface area (Å²) in [5.74, 6) is 0.639. The van der Waals surface area contributed by atoms with Gasteiger partial charge in [0.2, 0.25) is 0 Å². The van der Waals surface area contributed by atoms with E-state index in [0.717, 1.165) is 19.7 Å².